The van der Waals surface area contributed by atoms with Crippen molar-refractivity contribution in [3.8, 4) is 5.75 Å². The third kappa shape index (κ3) is 6.60. The number of hydrogen-bond donors (Lipinski definition) is 1. The number of carbonyl (C=O) groups excluding carboxylic acids is 2. The molecule has 0 fully saturated rings. The first kappa shape index (κ1) is 21.8. The van der Waals surface area contributed by atoms with Crippen LogP contribution in [-0.2, 0) is 16.1 Å². The van der Waals surface area contributed by atoms with E-state index in [0.717, 1.165) is 16.2 Å². The van der Waals surface area contributed by atoms with Crippen molar-refractivity contribution >= 4 is 23.6 Å². The van der Waals surface area contributed by atoms with Crippen LogP contribution < -0.4 is 10.1 Å². The molecule has 1 N–H and O–H groups in total. The van der Waals surface area contributed by atoms with Gasteiger partial charge in [-0.1, -0.05) is 30.3 Å². The second kappa shape index (κ2) is 10.8. The quantitative estimate of drug-likeness (QED) is 0.652. The van der Waals surface area contributed by atoms with Crippen molar-refractivity contribution < 1.29 is 14.3 Å². The van der Waals surface area contributed by atoms with Gasteiger partial charge in [0.15, 0.2) is 0 Å². The Balaban J connectivity index is 2.16. The summed E-state index contributed by atoms with van der Waals surface area (Å²) in [6, 6.07) is 16.8. The molecular weight excluding hydrogens is 372 g/mol. The van der Waals surface area contributed by atoms with Crippen LogP contribution in [0, 0.1) is 0 Å². The minimum absolute atomic E-state index is 0.0161. The van der Waals surface area contributed by atoms with Crippen molar-refractivity contribution in [2.45, 2.75) is 44.3 Å². The molecule has 0 aliphatic carbocycles. The van der Waals surface area contributed by atoms with E-state index < -0.39 is 6.04 Å². The lowest BCUT2D eigenvalue weighted by Crippen LogP contribution is -2.49. The van der Waals surface area contributed by atoms with E-state index in [1.54, 1.807) is 18.9 Å². The second-order valence-electron chi connectivity index (χ2n) is 6.81. The average Bonchev–Trinajstić information content (AvgIpc) is 2.70. The van der Waals surface area contributed by atoms with E-state index in [2.05, 4.69) is 5.32 Å². The fourth-order valence-corrected chi connectivity index (χ4v) is 3.51. The van der Waals surface area contributed by atoms with Crippen LogP contribution in [0.25, 0.3) is 0 Å². The maximum atomic E-state index is 13.0. The molecule has 1 atom stereocenters. The van der Waals surface area contributed by atoms with Crippen LogP contribution >= 0.6 is 11.8 Å². The molecule has 28 heavy (non-hydrogen) atoms. The van der Waals surface area contributed by atoms with E-state index in [4.69, 9.17) is 4.74 Å². The maximum absolute atomic E-state index is 13.0. The number of ether oxygens (including phenoxy) is 1. The second-order valence-corrected chi connectivity index (χ2v) is 7.86. The number of nitrogens with zero attached hydrogens (tertiary/aromatic N) is 1. The highest BCUT2D eigenvalue weighted by Gasteiger charge is 2.26. The smallest absolute Gasteiger partial charge is 0.242 e. The van der Waals surface area contributed by atoms with Gasteiger partial charge in [0.25, 0.3) is 0 Å². The maximum Gasteiger partial charge on any atom is 0.242 e. The van der Waals surface area contributed by atoms with Crippen LogP contribution in [0.15, 0.2) is 59.5 Å². The molecule has 0 saturated carbocycles. The SMILES string of the molecule is COc1cccc(CN(C(=O)CSc2ccccc2)[C@@H](C)C(=O)NC(C)C)c1. The molecule has 2 amide bonds. The summed E-state index contributed by atoms with van der Waals surface area (Å²) in [5.74, 6) is 0.759. The van der Waals surface area contributed by atoms with E-state index in [0.29, 0.717) is 6.54 Å². The average molecular weight is 401 g/mol. The summed E-state index contributed by atoms with van der Waals surface area (Å²) in [5.41, 5.74) is 0.918. The highest BCUT2D eigenvalue weighted by Crippen LogP contribution is 2.20. The van der Waals surface area contributed by atoms with E-state index in [9.17, 15) is 9.59 Å². The molecule has 0 bridgehead atoms. The summed E-state index contributed by atoms with van der Waals surface area (Å²) < 4.78 is 5.28. The van der Waals surface area contributed by atoms with Crippen LogP contribution in [0.1, 0.15) is 26.3 Å². The highest BCUT2D eigenvalue weighted by molar-refractivity contribution is 8.00. The molecule has 2 aromatic carbocycles. The zero-order valence-corrected chi connectivity index (χ0v) is 17.7. The summed E-state index contributed by atoms with van der Waals surface area (Å²) >= 11 is 1.47. The molecule has 5 nitrogen and oxygen atoms in total. The van der Waals surface area contributed by atoms with Gasteiger partial charge in [0.2, 0.25) is 11.8 Å². The number of hydrogen-bond acceptors (Lipinski definition) is 4. The van der Waals surface area contributed by atoms with E-state index in [-0.39, 0.29) is 23.6 Å². The monoisotopic (exact) mass is 400 g/mol. The summed E-state index contributed by atoms with van der Waals surface area (Å²) in [5, 5.41) is 2.90. The summed E-state index contributed by atoms with van der Waals surface area (Å²) in [4.78, 5) is 28.2. The number of nitrogens with one attached hydrogen (secondary N) is 1. The van der Waals surface area contributed by atoms with Crippen molar-refractivity contribution in [2.24, 2.45) is 0 Å². The Morgan fingerprint density at radius 2 is 1.79 bits per heavy atom. The van der Waals surface area contributed by atoms with Gasteiger partial charge in [-0.2, -0.15) is 0 Å². The zero-order valence-electron chi connectivity index (χ0n) is 16.8. The van der Waals surface area contributed by atoms with Crippen LogP contribution in [-0.4, -0.2) is 41.7 Å². The van der Waals surface area contributed by atoms with Gasteiger partial charge in [-0.25, -0.2) is 0 Å². The number of benzene rings is 2. The Morgan fingerprint density at radius 1 is 1.07 bits per heavy atom. The molecular formula is C22H28N2O3S. The predicted molar refractivity (Wildman–Crippen MR) is 113 cm³/mol. The Morgan fingerprint density at radius 3 is 2.43 bits per heavy atom. The predicted octanol–water partition coefficient (Wildman–Crippen LogP) is 3.73. The van der Waals surface area contributed by atoms with E-state index in [1.165, 1.54) is 11.8 Å². The van der Waals surface area contributed by atoms with Gasteiger partial charge in [0, 0.05) is 17.5 Å². The minimum atomic E-state index is -0.572. The minimum Gasteiger partial charge on any atom is -0.497 e. The van der Waals surface area contributed by atoms with Gasteiger partial charge in [-0.05, 0) is 50.6 Å². The molecule has 0 aromatic heterocycles. The number of carbonyl (C=O) groups is 2. The van der Waals surface area contributed by atoms with E-state index in [1.807, 2.05) is 68.4 Å². The topological polar surface area (TPSA) is 58.6 Å². The summed E-state index contributed by atoms with van der Waals surface area (Å²) in [6.07, 6.45) is 0. The molecule has 0 radical (unpaired) electrons. The number of amides is 2. The molecule has 0 saturated heterocycles. The molecule has 150 valence electrons. The Hall–Kier alpha value is -2.47. The van der Waals surface area contributed by atoms with Crippen LogP contribution in [0.4, 0.5) is 0 Å². The number of thioether (sulfide) groups is 1. The van der Waals surface area contributed by atoms with Crippen LogP contribution in [0.5, 0.6) is 5.75 Å². The lowest BCUT2D eigenvalue weighted by Gasteiger charge is -2.29. The first-order chi connectivity index (χ1) is 13.4. The lowest BCUT2D eigenvalue weighted by molar-refractivity contribution is -0.138. The Kier molecular flexibility index (Phi) is 8.39. The zero-order chi connectivity index (χ0) is 20.5. The molecule has 0 heterocycles. The third-order valence-corrected chi connectivity index (χ3v) is 5.19. The van der Waals surface area contributed by atoms with Crippen LogP contribution in [0.2, 0.25) is 0 Å². The molecule has 2 aromatic rings. The Bertz CT molecular complexity index is 780. The van der Waals surface area contributed by atoms with Gasteiger partial charge < -0.3 is 15.0 Å². The summed E-state index contributed by atoms with van der Waals surface area (Å²) in [6.45, 7) is 5.93. The standard InChI is InChI=1S/C22H28N2O3S/c1-16(2)23-22(26)17(3)24(14-18-9-8-10-19(13-18)27-4)21(25)15-28-20-11-6-5-7-12-20/h5-13,16-17H,14-15H2,1-4H3,(H,23,26)/t17-/m0/s1. The van der Waals surface area contributed by atoms with Crippen molar-refractivity contribution in [1.29, 1.82) is 0 Å². The fourth-order valence-electron chi connectivity index (χ4n) is 2.70. The molecule has 0 aliphatic heterocycles. The number of methoxy groups -OCH3 is 1. The third-order valence-electron chi connectivity index (χ3n) is 4.19. The molecule has 0 unspecified atom stereocenters. The fraction of sp³-hybridized carbons (Fsp3) is 0.364. The first-order valence-corrected chi connectivity index (χ1v) is 10.3. The van der Waals surface area contributed by atoms with Gasteiger partial charge in [-0.15, -0.1) is 11.8 Å². The van der Waals surface area contributed by atoms with Gasteiger partial charge in [-0.3, -0.25) is 9.59 Å². The van der Waals surface area contributed by atoms with Gasteiger partial charge >= 0.3 is 0 Å². The lowest BCUT2D eigenvalue weighted by atomic mass is 10.1. The van der Waals surface area contributed by atoms with Crippen molar-refractivity contribution in [1.82, 2.24) is 10.2 Å². The largest absolute Gasteiger partial charge is 0.497 e. The number of rotatable bonds is 9. The summed E-state index contributed by atoms with van der Waals surface area (Å²) in [7, 11) is 1.61. The molecule has 0 spiro atoms. The van der Waals surface area contributed by atoms with E-state index >= 15 is 0 Å². The van der Waals surface area contributed by atoms with Crippen LogP contribution in [0.3, 0.4) is 0 Å². The molecule has 2 rings (SSSR count). The van der Waals surface area contributed by atoms with Gasteiger partial charge in [0.1, 0.15) is 11.8 Å². The molecule has 6 heteroatoms. The van der Waals surface area contributed by atoms with Crippen molar-refractivity contribution in [3.05, 3.63) is 60.2 Å². The first-order valence-electron chi connectivity index (χ1n) is 9.31. The normalized spacial score (nSPS) is 11.8. The van der Waals surface area contributed by atoms with Gasteiger partial charge in [0.05, 0.1) is 12.9 Å². The highest BCUT2D eigenvalue weighted by atomic mass is 32.2. The Labute approximate surface area is 171 Å². The molecule has 0 aliphatic rings. The van der Waals surface area contributed by atoms with Crippen molar-refractivity contribution in [2.75, 3.05) is 12.9 Å². The van der Waals surface area contributed by atoms with Crippen molar-refractivity contribution in [3.63, 3.8) is 0 Å².